The van der Waals surface area contributed by atoms with E-state index in [1.807, 2.05) is 12.1 Å². The van der Waals surface area contributed by atoms with Gasteiger partial charge in [0.25, 0.3) is 0 Å². The molecular weight excluding hydrogens is 389 g/mol. The van der Waals surface area contributed by atoms with E-state index in [0.29, 0.717) is 22.6 Å². The van der Waals surface area contributed by atoms with Crippen molar-refractivity contribution in [3.8, 4) is 11.1 Å². The van der Waals surface area contributed by atoms with Crippen LogP contribution in [0.3, 0.4) is 0 Å². The number of hydrogen-bond donors (Lipinski definition) is 2. The minimum atomic E-state index is -1.43. The Hall–Kier alpha value is -2.01. The summed E-state index contributed by atoms with van der Waals surface area (Å²) >= 11 is 6.07. The van der Waals surface area contributed by atoms with Gasteiger partial charge in [-0.1, -0.05) is 47.5 Å². The second-order valence-corrected chi connectivity index (χ2v) is 8.73. The Balaban J connectivity index is 1.93. The standard InChI is InChI=1S/C24H27ClFNO2/c1-24(2,29)22(28)14-16-7-5-11-21(27)20(16)13-17-8-4-10-19(23(17)26)15-6-3-9-18(25)12-15/h3-4,6,8-10,12,14,20-21,29H,5,7,11,13,27H2,1-2H3/b16-14-. The molecule has 1 saturated carbocycles. The quantitative estimate of drug-likeness (QED) is 0.669. The molecule has 5 heteroatoms. The topological polar surface area (TPSA) is 63.3 Å². The van der Waals surface area contributed by atoms with E-state index in [1.54, 1.807) is 30.3 Å². The number of hydrogen-bond acceptors (Lipinski definition) is 3. The number of carbonyl (C=O) groups excluding carboxylic acids is 1. The second kappa shape index (κ2) is 8.78. The summed E-state index contributed by atoms with van der Waals surface area (Å²) in [4.78, 5) is 12.3. The van der Waals surface area contributed by atoms with Crippen LogP contribution in [0.5, 0.6) is 0 Å². The van der Waals surface area contributed by atoms with E-state index >= 15 is 4.39 Å². The van der Waals surface area contributed by atoms with Gasteiger partial charge >= 0.3 is 0 Å². The van der Waals surface area contributed by atoms with Gasteiger partial charge in [-0.2, -0.15) is 0 Å². The molecule has 3 nitrogen and oxygen atoms in total. The molecule has 2 aromatic rings. The van der Waals surface area contributed by atoms with Crippen LogP contribution in [0, 0.1) is 11.7 Å². The summed E-state index contributed by atoms with van der Waals surface area (Å²) in [6, 6.07) is 12.3. The number of halogens is 2. The fourth-order valence-corrected chi connectivity index (χ4v) is 4.05. The smallest absolute Gasteiger partial charge is 0.186 e. The van der Waals surface area contributed by atoms with Crippen molar-refractivity contribution in [1.29, 1.82) is 0 Å². The maximum absolute atomic E-state index is 15.3. The van der Waals surface area contributed by atoms with Crippen molar-refractivity contribution in [2.45, 2.75) is 51.2 Å². The number of aliphatic hydroxyl groups is 1. The van der Waals surface area contributed by atoms with Gasteiger partial charge in [0, 0.05) is 16.6 Å². The Bertz CT molecular complexity index is 933. The molecule has 2 aromatic carbocycles. The SMILES string of the molecule is CC(C)(O)C(=O)/C=C1/CCCC(N)C1Cc1cccc(-c2cccc(Cl)c2)c1F. The number of rotatable bonds is 5. The van der Waals surface area contributed by atoms with E-state index < -0.39 is 5.60 Å². The number of nitrogens with two attached hydrogens (primary N) is 1. The molecule has 0 heterocycles. The predicted octanol–water partition coefficient (Wildman–Crippen LogP) is 5.08. The van der Waals surface area contributed by atoms with Crippen molar-refractivity contribution in [1.82, 2.24) is 0 Å². The van der Waals surface area contributed by atoms with Gasteiger partial charge in [-0.15, -0.1) is 0 Å². The molecule has 0 aliphatic heterocycles. The fourth-order valence-electron chi connectivity index (χ4n) is 3.86. The van der Waals surface area contributed by atoms with E-state index in [4.69, 9.17) is 17.3 Å². The van der Waals surface area contributed by atoms with Crippen LogP contribution in [0.4, 0.5) is 4.39 Å². The predicted molar refractivity (Wildman–Crippen MR) is 115 cm³/mol. The van der Waals surface area contributed by atoms with Crippen LogP contribution < -0.4 is 5.73 Å². The highest BCUT2D eigenvalue weighted by Crippen LogP contribution is 2.34. The monoisotopic (exact) mass is 415 g/mol. The van der Waals surface area contributed by atoms with Crippen LogP contribution >= 0.6 is 11.6 Å². The van der Waals surface area contributed by atoms with Crippen LogP contribution in [0.1, 0.15) is 38.7 Å². The summed E-state index contributed by atoms with van der Waals surface area (Å²) in [5, 5.41) is 10.5. The number of ketones is 1. The van der Waals surface area contributed by atoms with E-state index in [1.165, 1.54) is 19.9 Å². The van der Waals surface area contributed by atoms with E-state index in [-0.39, 0.29) is 23.6 Å². The molecule has 0 spiro atoms. The first kappa shape index (κ1) is 21.7. The molecule has 1 aliphatic rings. The summed E-state index contributed by atoms with van der Waals surface area (Å²) in [6.45, 7) is 2.94. The summed E-state index contributed by atoms with van der Waals surface area (Å²) in [7, 11) is 0. The molecule has 0 radical (unpaired) electrons. The number of benzene rings is 2. The summed E-state index contributed by atoms with van der Waals surface area (Å²) in [5.41, 5.74) is 7.60. The van der Waals surface area contributed by atoms with Crippen molar-refractivity contribution in [3.63, 3.8) is 0 Å². The Morgan fingerprint density at radius 2 is 2.03 bits per heavy atom. The van der Waals surface area contributed by atoms with E-state index in [2.05, 4.69) is 0 Å². The normalized spacial score (nSPS) is 21.4. The maximum atomic E-state index is 15.3. The lowest BCUT2D eigenvalue weighted by atomic mass is 9.76. The molecule has 0 aromatic heterocycles. The zero-order valence-electron chi connectivity index (χ0n) is 16.8. The average molecular weight is 416 g/mol. The lowest BCUT2D eigenvalue weighted by Crippen LogP contribution is -2.37. The van der Waals surface area contributed by atoms with Crippen LogP contribution in [0.15, 0.2) is 54.1 Å². The molecule has 0 bridgehead atoms. The molecule has 1 aliphatic carbocycles. The largest absolute Gasteiger partial charge is 0.382 e. The van der Waals surface area contributed by atoms with Crippen LogP contribution in [0.2, 0.25) is 5.02 Å². The fraction of sp³-hybridized carbons (Fsp3) is 0.375. The van der Waals surface area contributed by atoms with Crippen molar-refractivity contribution < 1.29 is 14.3 Å². The first-order chi connectivity index (χ1) is 13.7. The molecule has 0 amide bonds. The third-order valence-electron chi connectivity index (χ3n) is 5.57. The second-order valence-electron chi connectivity index (χ2n) is 8.30. The highest BCUT2D eigenvalue weighted by atomic mass is 35.5. The average Bonchev–Trinajstić information content (AvgIpc) is 2.65. The lowest BCUT2D eigenvalue weighted by molar-refractivity contribution is -0.128. The van der Waals surface area contributed by atoms with Crippen LogP contribution in [-0.4, -0.2) is 22.5 Å². The summed E-state index contributed by atoms with van der Waals surface area (Å²) < 4.78 is 15.3. The van der Waals surface area contributed by atoms with Crippen molar-refractivity contribution in [2.75, 3.05) is 0 Å². The van der Waals surface area contributed by atoms with Gasteiger partial charge in [0.15, 0.2) is 5.78 Å². The minimum absolute atomic E-state index is 0.140. The van der Waals surface area contributed by atoms with Gasteiger partial charge in [0.2, 0.25) is 0 Å². The molecule has 154 valence electrons. The lowest BCUT2D eigenvalue weighted by Gasteiger charge is -2.32. The summed E-state index contributed by atoms with van der Waals surface area (Å²) in [5.74, 6) is -0.778. The molecule has 2 atom stereocenters. The van der Waals surface area contributed by atoms with E-state index in [9.17, 15) is 9.90 Å². The van der Waals surface area contributed by atoms with Crippen molar-refractivity contribution in [2.24, 2.45) is 11.7 Å². The Labute approximate surface area is 176 Å². The highest BCUT2D eigenvalue weighted by molar-refractivity contribution is 6.30. The van der Waals surface area contributed by atoms with Crippen molar-refractivity contribution in [3.05, 3.63) is 70.5 Å². The maximum Gasteiger partial charge on any atom is 0.186 e. The zero-order chi connectivity index (χ0) is 21.2. The van der Waals surface area contributed by atoms with Crippen LogP contribution in [0.25, 0.3) is 11.1 Å². The molecule has 3 rings (SSSR count). The van der Waals surface area contributed by atoms with Gasteiger partial charge in [0.05, 0.1) is 0 Å². The molecule has 1 fully saturated rings. The van der Waals surface area contributed by atoms with Crippen LogP contribution in [-0.2, 0) is 11.2 Å². The zero-order valence-corrected chi connectivity index (χ0v) is 17.5. The molecular formula is C24H27ClFNO2. The Kier molecular flexibility index (Phi) is 6.57. The van der Waals surface area contributed by atoms with Crippen molar-refractivity contribution >= 4 is 17.4 Å². The van der Waals surface area contributed by atoms with Gasteiger partial charge in [-0.05, 0) is 74.8 Å². The first-order valence-corrected chi connectivity index (χ1v) is 10.3. The third-order valence-corrected chi connectivity index (χ3v) is 5.80. The minimum Gasteiger partial charge on any atom is -0.382 e. The molecule has 2 unspecified atom stereocenters. The van der Waals surface area contributed by atoms with Gasteiger partial charge in [-0.25, -0.2) is 4.39 Å². The molecule has 29 heavy (non-hydrogen) atoms. The van der Waals surface area contributed by atoms with E-state index in [0.717, 1.165) is 30.4 Å². The summed E-state index contributed by atoms with van der Waals surface area (Å²) in [6.07, 6.45) is 4.37. The highest BCUT2D eigenvalue weighted by Gasteiger charge is 2.30. The molecule has 3 N–H and O–H groups in total. The Morgan fingerprint density at radius 3 is 2.72 bits per heavy atom. The Morgan fingerprint density at radius 1 is 1.31 bits per heavy atom. The van der Waals surface area contributed by atoms with Gasteiger partial charge in [-0.3, -0.25) is 4.79 Å². The third kappa shape index (κ3) is 5.13. The first-order valence-electron chi connectivity index (χ1n) is 9.93. The molecule has 0 saturated heterocycles. The number of carbonyl (C=O) groups is 1. The van der Waals surface area contributed by atoms with Gasteiger partial charge < -0.3 is 10.8 Å². The van der Waals surface area contributed by atoms with Gasteiger partial charge in [0.1, 0.15) is 11.4 Å².